The monoisotopic (exact) mass is 305 g/mol. The third kappa shape index (κ3) is 3.01. The first kappa shape index (κ1) is 13.9. The molecule has 0 unspecified atom stereocenters. The van der Waals surface area contributed by atoms with E-state index in [1.807, 2.05) is 24.3 Å². The summed E-state index contributed by atoms with van der Waals surface area (Å²) in [6.45, 7) is 1.06. The smallest absolute Gasteiger partial charge is 0.0408 e. The van der Waals surface area contributed by atoms with Gasteiger partial charge in [-0.05, 0) is 54.8 Å². The zero-order chi connectivity index (χ0) is 13.9. The van der Waals surface area contributed by atoms with E-state index in [1.165, 1.54) is 24.0 Å². The van der Waals surface area contributed by atoms with Gasteiger partial charge in [-0.25, -0.2) is 0 Å². The first-order valence-electron chi connectivity index (χ1n) is 6.98. The van der Waals surface area contributed by atoms with Crippen molar-refractivity contribution in [2.75, 3.05) is 6.54 Å². The Morgan fingerprint density at radius 3 is 2.45 bits per heavy atom. The third-order valence-corrected chi connectivity index (χ3v) is 4.45. The van der Waals surface area contributed by atoms with Crippen LogP contribution in [0.1, 0.15) is 35.9 Å². The molecule has 2 atom stereocenters. The molecule has 2 aromatic carbocycles. The van der Waals surface area contributed by atoms with Crippen LogP contribution in [-0.2, 0) is 0 Å². The van der Waals surface area contributed by atoms with Crippen LogP contribution in [0.2, 0.25) is 10.0 Å². The van der Waals surface area contributed by atoms with Crippen LogP contribution in [0.3, 0.4) is 0 Å². The molecule has 0 aromatic heterocycles. The van der Waals surface area contributed by atoms with Crippen LogP contribution in [0.25, 0.3) is 0 Å². The van der Waals surface area contributed by atoms with Gasteiger partial charge in [0, 0.05) is 22.0 Å². The van der Waals surface area contributed by atoms with E-state index in [4.69, 9.17) is 23.2 Å². The SMILES string of the molecule is Clc1ccc([C@@H]2NCCC[C@H]2c2cccc(Cl)c2)cc1. The van der Waals surface area contributed by atoms with Crippen LogP contribution in [0.4, 0.5) is 0 Å². The van der Waals surface area contributed by atoms with Crippen molar-refractivity contribution in [2.45, 2.75) is 24.8 Å². The van der Waals surface area contributed by atoms with Crippen LogP contribution in [-0.4, -0.2) is 6.54 Å². The van der Waals surface area contributed by atoms with Gasteiger partial charge in [0.2, 0.25) is 0 Å². The Balaban J connectivity index is 1.93. The Kier molecular flexibility index (Phi) is 4.30. The van der Waals surface area contributed by atoms with Crippen LogP contribution >= 0.6 is 23.2 Å². The average molecular weight is 306 g/mol. The number of halogens is 2. The molecule has 0 spiro atoms. The maximum Gasteiger partial charge on any atom is 0.0408 e. The summed E-state index contributed by atoms with van der Waals surface area (Å²) in [5.74, 6) is 0.462. The second-order valence-electron chi connectivity index (χ2n) is 5.29. The lowest BCUT2D eigenvalue weighted by atomic mass is 9.81. The molecule has 20 heavy (non-hydrogen) atoms. The van der Waals surface area contributed by atoms with Gasteiger partial charge in [0.1, 0.15) is 0 Å². The lowest BCUT2D eigenvalue weighted by Gasteiger charge is -2.33. The molecule has 0 aliphatic carbocycles. The van der Waals surface area contributed by atoms with Crippen molar-refractivity contribution in [3.63, 3.8) is 0 Å². The highest BCUT2D eigenvalue weighted by Gasteiger charge is 2.27. The lowest BCUT2D eigenvalue weighted by Crippen LogP contribution is -2.33. The fourth-order valence-corrected chi connectivity index (χ4v) is 3.33. The highest BCUT2D eigenvalue weighted by molar-refractivity contribution is 6.30. The second-order valence-corrected chi connectivity index (χ2v) is 6.16. The first-order valence-corrected chi connectivity index (χ1v) is 7.74. The molecule has 1 saturated heterocycles. The first-order chi connectivity index (χ1) is 9.74. The Morgan fingerprint density at radius 1 is 0.900 bits per heavy atom. The van der Waals surface area contributed by atoms with Gasteiger partial charge in [0.25, 0.3) is 0 Å². The fourth-order valence-electron chi connectivity index (χ4n) is 3.01. The highest BCUT2D eigenvalue weighted by atomic mass is 35.5. The molecule has 0 bridgehead atoms. The van der Waals surface area contributed by atoms with Crippen LogP contribution in [0, 0.1) is 0 Å². The third-order valence-electron chi connectivity index (χ3n) is 3.96. The lowest BCUT2D eigenvalue weighted by molar-refractivity contribution is 0.358. The number of benzene rings is 2. The zero-order valence-electron chi connectivity index (χ0n) is 11.2. The number of piperidine rings is 1. The van der Waals surface area contributed by atoms with Crippen molar-refractivity contribution in [1.29, 1.82) is 0 Å². The Hall–Kier alpha value is -1.02. The maximum absolute atomic E-state index is 6.14. The van der Waals surface area contributed by atoms with Gasteiger partial charge in [-0.3, -0.25) is 0 Å². The summed E-state index contributed by atoms with van der Waals surface area (Å²) in [6.07, 6.45) is 2.38. The largest absolute Gasteiger partial charge is 0.309 e. The molecule has 3 rings (SSSR count). The normalized spacial score (nSPS) is 22.7. The quantitative estimate of drug-likeness (QED) is 0.804. The Bertz CT molecular complexity index is 580. The average Bonchev–Trinajstić information content (AvgIpc) is 2.48. The van der Waals surface area contributed by atoms with Crippen molar-refractivity contribution < 1.29 is 0 Å². The highest BCUT2D eigenvalue weighted by Crippen LogP contribution is 2.38. The molecule has 104 valence electrons. The van der Waals surface area contributed by atoms with Crippen LogP contribution in [0.5, 0.6) is 0 Å². The zero-order valence-corrected chi connectivity index (χ0v) is 12.7. The van der Waals surface area contributed by atoms with Gasteiger partial charge < -0.3 is 5.32 Å². The van der Waals surface area contributed by atoms with Gasteiger partial charge in [-0.15, -0.1) is 0 Å². The van der Waals surface area contributed by atoms with Gasteiger partial charge in [0.05, 0.1) is 0 Å². The summed E-state index contributed by atoms with van der Waals surface area (Å²) in [7, 11) is 0. The van der Waals surface area contributed by atoms with Crippen molar-refractivity contribution in [3.8, 4) is 0 Å². The molecule has 1 aliphatic heterocycles. The van der Waals surface area contributed by atoms with E-state index in [0.717, 1.165) is 16.6 Å². The number of hydrogen-bond acceptors (Lipinski definition) is 1. The molecular weight excluding hydrogens is 289 g/mol. The van der Waals surface area contributed by atoms with Crippen molar-refractivity contribution in [1.82, 2.24) is 5.32 Å². The Morgan fingerprint density at radius 2 is 1.70 bits per heavy atom. The van der Waals surface area contributed by atoms with E-state index in [2.05, 4.69) is 29.6 Å². The molecular formula is C17H17Cl2N. The minimum absolute atomic E-state index is 0.333. The predicted molar refractivity (Wildman–Crippen MR) is 85.6 cm³/mol. The topological polar surface area (TPSA) is 12.0 Å². The molecule has 1 N–H and O–H groups in total. The number of rotatable bonds is 2. The molecule has 0 saturated carbocycles. The van der Waals surface area contributed by atoms with E-state index in [1.54, 1.807) is 0 Å². The fraction of sp³-hybridized carbons (Fsp3) is 0.294. The summed E-state index contributed by atoms with van der Waals surface area (Å²) in [6, 6.07) is 16.7. The predicted octanol–water partition coefficient (Wildman–Crippen LogP) is 5.20. The standard InChI is InChI=1S/C17H17Cl2N/c18-14-8-6-12(7-9-14)17-16(5-2-10-20-17)13-3-1-4-15(19)11-13/h1,3-4,6-9,11,16-17,20H,2,5,10H2/t16-,17-/m0/s1. The van der Waals surface area contributed by atoms with Crippen molar-refractivity contribution >= 4 is 23.2 Å². The minimum atomic E-state index is 0.333. The molecule has 1 heterocycles. The molecule has 3 heteroatoms. The number of hydrogen-bond donors (Lipinski definition) is 1. The maximum atomic E-state index is 6.14. The Labute approximate surface area is 129 Å². The van der Waals surface area contributed by atoms with E-state index in [-0.39, 0.29) is 0 Å². The molecule has 0 amide bonds. The summed E-state index contributed by atoms with van der Waals surface area (Å²) in [5, 5.41) is 5.23. The van der Waals surface area contributed by atoms with Crippen molar-refractivity contribution in [2.24, 2.45) is 0 Å². The summed E-state index contributed by atoms with van der Waals surface area (Å²) >= 11 is 12.1. The van der Waals surface area contributed by atoms with E-state index < -0.39 is 0 Å². The van der Waals surface area contributed by atoms with E-state index in [9.17, 15) is 0 Å². The van der Waals surface area contributed by atoms with Gasteiger partial charge in [-0.1, -0.05) is 47.5 Å². The summed E-state index contributed by atoms with van der Waals surface area (Å²) in [5.41, 5.74) is 2.60. The van der Waals surface area contributed by atoms with Crippen LogP contribution in [0.15, 0.2) is 48.5 Å². The number of nitrogens with one attached hydrogen (secondary N) is 1. The molecule has 0 radical (unpaired) electrons. The van der Waals surface area contributed by atoms with Crippen molar-refractivity contribution in [3.05, 3.63) is 69.7 Å². The van der Waals surface area contributed by atoms with E-state index >= 15 is 0 Å². The second kappa shape index (κ2) is 6.17. The minimum Gasteiger partial charge on any atom is -0.309 e. The molecule has 1 aliphatic rings. The van der Waals surface area contributed by atoms with Crippen LogP contribution < -0.4 is 5.32 Å². The van der Waals surface area contributed by atoms with Gasteiger partial charge in [-0.2, -0.15) is 0 Å². The molecule has 2 aromatic rings. The summed E-state index contributed by atoms with van der Waals surface area (Å²) < 4.78 is 0. The van der Waals surface area contributed by atoms with E-state index in [0.29, 0.717) is 12.0 Å². The molecule has 1 fully saturated rings. The van der Waals surface area contributed by atoms with Gasteiger partial charge >= 0.3 is 0 Å². The summed E-state index contributed by atoms with van der Waals surface area (Å²) in [4.78, 5) is 0. The van der Waals surface area contributed by atoms with Gasteiger partial charge in [0.15, 0.2) is 0 Å². The molecule has 1 nitrogen and oxygen atoms in total.